The van der Waals surface area contributed by atoms with Crippen LogP contribution in [0.3, 0.4) is 0 Å². The number of esters is 1. The summed E-state index contributed by atoms with van der Waals surface area (Å²) in [6.45, 7) is 4.11. The molecule has 2 heterocycles. The summed E-state index contributed by atoms with van der Waals surface area (Å²) in [7, 11) is 1.66. The van der Waals surface area contributed by atoms with Gasteiger partial charge in [0.1, 0.15) is 5.75 Å². The molecule has 0 aliphatic carbocycles. The highest BCUT2D eigenvalue weighted by Crippen LogP contribution is 2.48. The summed E-state index contributed by atoms with van der Waals surface area (Å²) in [5, 5.41) is 0.914. The summed E-state index contributed by atoms with van der Waals surface area (Å²) in [6.07, 6.45) is 0.996. The molecule has 1 fully saturated rings. The van der Waals surface area contributed by atoms with Gasteiger partial charge in [0.25, 0.3) is 0 Å². The maximum Gasteiger partial charge on any atom is 0.311 e. The first-order valence-electron chi connectivity index (χ1n) is 10.7. The van der Waals surface area contributed by atoms with E-state index in [-0.39, 0.29) is 30.6 Å². The topological polar surface area (TPSA) is 57.2 Å². The van der Waals surface area contributed by atoms with Crippen LogP contribution in [-0.4, -0.2) is 49.8 Å². The Hall–Kier alpha value is -2.25. The Labute approximate surface area is 191 Å². The van der Waals surface area contributed by atoms with E-state index < -0.39 is 0 Å². The Morgan fingerprint density at radius 2 is 1.87 bits per heavy atom. The number of nitrogens with zero attached hydrogens (tertiary/aromatic N) is 1. The van der Waals surface area contributed by atoms with E-state index in [4.69, 9.17) is 18.9 Å². The maximum absolute atomic E-state index is 13.3. The van der Waals surface area contributed by atoms with Gasteiger partial charge in [0, 0.05) is 23.8 Å². The lowest BCUT2D eigenvalue weighted by atomic mass is 9.82. The van der Waals surface area contributed by atoms with Crippen LogP contribution in [0.1, 0.15) is 36.4 Å². The van der Waals surface area contributed by atoms with Crippen LogP contribution in [0.2, 0.25) is 0 Å². The average molecular weight is 490 g/mol. The molecule has 0 saturated carbocycles. The number of alkyl halides is 1. The molecule has 0 bridgehead atoms. The summed E-state index contributed by atoms with van der Waals surface area (Å²) in [6, 6.07) is 13.9. The molecule has 4 rings (SSSR count). The van der Waals surface area contributed by atoms with Gasteiger partial charge in [-0.05, 0) is 55.3 Å². The van der Waals surface area contributed by atoms with Gasteiger partial charge < -0.3 is 18.9 Å². The molecule has 2 aliphatic rings. The van der Waals surface area contributed by atoms with Crippen LogP contribution in [0.25, 0.3) is 0 Å². The smallest absolute Gasteiger partial charge is 0.311 e. The number of carbonyl (C=O) groups excluding carboxylic acids is 1. The Morgan fingerprint density at radius 1 is 1.13 bits per heavy atom. The molecule has 31 heavy (non-hydrogen) atoms. The lowest BCUT2D eigenvalue weighted by molar-refractivity contribution is -0.149. The SMILES string of the molecule is CCOC(=O)C1C(c2ccc3c(c2)OCO3)CN(CCCBr)C1c1ccc(OC)cc1. The quantitative estimate of drug-likeness (QED) is 0.401. The number of hydrogen-bond donors (Lipinski definition) is 0. The first-order chi connectivity index (χ1) is 15.2. The van der Waals surface area contributed by atoms with Crippen molar-refractivity contribution in [1.29, 1.82) is 0 Å². The van der Waals surface area contributed by atoms with Crippen LogP contribution >= 0.6 is 15.9 Å². The molecular weight excluding hydrogens is 462 g/mol. The molecule has 7 heteroatoms. The molecular formula is C24H28BrNO5. The molecule has 0 amide bonds. The maximum atomic E-state index is 13.3. The van der Waals surface area contributed by atoms with Gasteiger partial charge in [0.2, 0.25) is 6.79 Å². The van der Waals surface area contributed by atoms with E-state index >= 15 is 0 Å². The van der Waals surface area contributed by atoms with E-state index in [2.05, 4.69) is 33.0 Å². The van der Waals surface area contributed by atoms with Crippen molar-refractivity contribution >= 4 is 21.9 Å². The number of rotatable bonds is 8. The highest BCUT2D eigenvalue weighted by Gasteiger charge is 2.48. The average Bonchev–Trinajstić information content (AvgIpc) is 3.42. The van der Waals surface area contributed by atoms with Crippen molar-refractivity contribution in [2.75, 3.05) is 38.9 Å². The van der Waals surface area contributed by atoms with Crippen molar-refractivity contribution in [3.8, 4) is 17.2 Å². The third kappa shape index (κ3) is 4.53. The van der Waals surface area contributed by atoms with Gasteiger partial charge in [0.15, 0.2) is 11.5 Å². The monoisotopic (exact) mass is 489 g/mol. The first-order valence-corrected chi connectivity index (χ1v) is 11.8. The first kappa shape index (κ1) is 22.0. The van der Waals surface area contributed by atoms with Gasteiger partial charge in [0.05, 0.1) is 19.6 Å². The minimum absolute atomic E-state index is 0.00372. The third-order valence-corrected chi connectivity index (χ3v) is 6.58. The van der Waals surface area contributed by atoms with Gasteiger partial charge in [-0.25, -0.2) is 0 Å². The largest absolute Gasteiger partial charge is 0.497 e. The number of carbonyl (C=O) groups is 1. The number of fused-ring (bicyclic) bond motifs is 1. The number of halogens is 1. The number of methoxy groups -OCH3 is 1. The van der Waals surface area contributed by atoms with Crippen molar-refractivity contribution in [3.05, 3.63) is 53.6 Å². The standard InChI is InChI=1S/C24H28BrNO5/c1-3-29-24(27)22-19(17-7-10-20-21(13-17)31-15-30-20)14-26(12-4-11-25)23(22)16-5-8-18(28-2)9-6-16/h5-10,13,19,22-23H,3-4,11-12,14-15H2,1-2H3. The normalized spacial score (nSPS) is 22.5. The molecule has 0 N–H and O–H groups in total. The minimum atomic E-state index is -0.316. The van der Waals surface area contributed by atoms with Crippen LogP contribution in [0.5, 0.6) is 17.2 Å². The third-order valence-electron chi connectivity index (χ3n) is 6.02. The Kier molecular flexibility index (Phi) is 7.02. The number of ether oxygens (including phenoxy) is 4. The van der Waals surface area contributed by atoms with Gasteiger partial charge in [-0.1, -0.05) is 34.1 Å². The fourth-order valence-electron chi connectivity index (χ4n) is 4.63. The van der Waals surface area contributed by atoms with Crippen molar-refractivity contribution in [1.82, 2.24) is 4.90 Å². The minimum Gasteiger partial charge on any atom is -0.497 e. The summed E-state index contributed by atoms with van der Waals surface area (Å²) in [5.74, 6) is 1.80. The molecule has 2 aromatic rings. The highest BCUT2D eigenvalue weighted by molar-refractivity contribution is 9.09. The van der Waals surface area contributed by atoms with E-state index in [1.54, 1.807) is 7.11 Å². The molecule has 0 spiro atoms. The predicted molar refractivity (Wildman–Crippen MR) is 121 cm³/mol. The van der Waals surface area contributed by atoms with Crippen molar-refractivity contribution < 1.29 is 23.7 Å². The summed E-state index contributed by atoms with van der Waals surface area (Å²) < 4.78 is 22.0. The van der Waals surface area contributed by atoms with E-state index in [9.17, 15) is 4.79 Å². The summed E-state index contributed by atoms with van der Waals surface area (Å²) in [5.41, 5.74) is 2.17. The molecule has 166 valence electrons. The lowest BCUT2D eigenvalue weighted by Crippen LogP contribution is -2.30. The van der Waals surface area contributed by atoms with Gasteiger partial charge in [-0.15, -0.1) is 0 Å². The molecule has 3 atom stereocenters. The van der Waals surface area contributed by atoms with Crippen molar-refractivity contribution in [2.24, 2.45) is 5.92 Å². The zero-order valence-electron chi connectivity index (χ0n) is 17.9. The number of hydrogen-bond acceptors (Lipinski definition) is 6. The second-order valence-electron chi connectivity index (χ2n) is 7.75. The molecule has 0 radical (unpaired) electrons. The van der Waals surface area contributed by atoms with Crippen molar-refractivity contribution in [2.45, 2.75) is 25.3 Å². The fraction of sp³-hybridized carbons (Fsp3) is 0.458. The van der Waals surface area contributed by atoms with Crippen LogP contribution in [0.4, 0.5) is 0 Å². The second kappa shape index (κ2) is 9.92. The molecule has 6 nitrogen and oxygen atoms in total. The molecule has 3 unspecified atom stereocenters. The Balaban J connectivity index is 1.73. The van der Waals surface area contributed by atoms with E-state index in [1.165, 1.54) is 0 Å². The van der Waals surface area contributed by atoms with Gasteiger partial charge in [-0.3, -0.25) is 9.69 Å². The molecule has 1 saturated heterocycles. The van der Waals surface area contributed by atoms with Gasteiger partial charge >= 0.3 is 5.97 Å². The Bertz CT molecular complexity index is 903. The predicted octanol–water partition coefficient (Wildman–Crippen LogP) is 4.53. The number of benzene rings is 2. The van der Waals surface area contributed by atoms with Crippen LogP contribution in [-0.2, 0) is 9.53 Å². The number of likely N-dealkylation sites (tertiary alicyclic amines) is 1. The highest BCUT2D eigenvalue weighted by atomic mass is 79.9. The van der Waals surface area contributed by atoms with Crippen LogP contribution in [0.15, 0.2) is 42.5 Å². The fourth-order valence-corrected chi connectivity index (χ4v) is 4.88. The molecule has 0 aromatic heterocycles. The van der Waals surface area contributed by atoms with E-state index in [0.717, 1.165) is 53.2 Å². The van der Waals surface area contributed by atoms with E-state index in [0.29, 0.717) is 6.61 Å². The lowest BCUT2D eigenvalue weighted by Gasteiger charge is -2.28. The van der Waals surface area contributed by atoms with E-state index in [1.807, 2.05) is 37.3 Å². The summed E-state index contributed by atoms with van der Waals surface area (Å²) >= 11 is 3.55. The zero-order valence-corrected chi connectivity index (χ0v) is 19.5. The van der Waals surface area contributed by atoms with Gasteiger partial charge in [-0.2, -0.15) is 0 Å². The Morgan fingerprint density at radius 3 is 2.58 bits per heavy atom. The molecule has 2 aromatic carbocycles. The van der Waals surface area contributed by atoms with Crippen LogP contribution in [0, 0.1) is 5.92 Å². The van der Waals surface area contributed by atoms with Crippen LogP contribution < -0.4 is 14.2 Å². The van der Waals surface area contributed by atoms with Crippen molar-refractivity contribution in [3.63, 3.8) is 0 Å². The zero-order chi connectivity index (χ0) is 21.8. The summed E-state index contributed by atoms with van der Waals surface area (Å²) in [4.78, 5) is 15.7. The molecule has 2 aliphatic heterocycles. The second-order valence-corrected chi connectivity index (χ2v) is 8.55.